The number of hydrogen-bond acceptors (Lipinski definition) is 3. The number of aliphatic carboxylic acids is 1. The Bertz CT molecular complexity index is 1020. The van der Waals surface area contributed by atoms with Crippen LogP contribution in [0.3, 0.4) is 0 Å². The predicted molar refractivity (Wildman–Crippen MR) is 117 cm³/mol. The van der Waals surface area contributed by atoms with Crippen LogP contribution in [0.5, 0.6) is 0 Å². The number of rotatable bonds is 8. The molecule has 2 aliphatic rings. The second-order valence-corrected chi connectivity index (χ2v) is 8.25. The highest BCUT2D eigenvalue weighted by molar-refractivity contribution is 6.06. The highest BCUT2D eigenvalue weighted by Crippen LogP contribution is 2.45. The van der Waals surface area contributed by atoms with E-state index in [-0.39, 0.29) is 18.0 Å². The minimum Gasteiger partial charge on any atom is -0.481 e. The van der Waals surface area contributed by atoms with Crippen LogP contribution in [0.15, 0.2) is 78.0 Å². The van der Waals surface area contributed by atoms with Crippen LogP contribution >= 0.6 is 0 Å². The summed E-state index contributed by atoms with van der Waals surface area (Å²) >= 11 is 0. The summed E-state index contributed by atoms with van der Waals surface area (Å²) in [6, 6.07) is 16.1. The van der Waals surface area contributed by atoms with E-state index in [2.05, 4.69) is 17.0 Å². The van der Waals surface area contributed by atoms with E-state index >= 15 is 0 Å². The van der Waals surface area contributed by atoms with Crippen molar-refractivity contribution in [3.8, 4) is 0 Å². The van der Waals surface area contributed by atoms with Gasteiger partial charge in [-0.05, 0) is 55.0 Å². The Morgan fingerprint density at radius 1 is 1.03 bits per heavy atom. The molecule has 0 radical (unpaired) electrons. The van der Waals surface area contributed by atoms with Gasteiger partial charge < -0.3 is 10.0 Å². The molecule has 4 rings (SSSR count). The molecule has 0 saturated carbocycles. The lowest BCUT2D eigenvalue weighted by Crippen LogP contribution is -2.48. The van der Waals surface area contributed by atoms with E-state index < -0.39 is 11.4 Å². The summed E-state index contributed by atoms with van der Waals surface area (Å²) in [6.07, 6.45) is 6.26. The Kier molecular flexibility index (Phi) is 6.03. The first kappa shape index (κ1) is 21.0. The average molecular weight is 419 g/mol. The third-order valence-corrected chi connectivity index (χ3v) is 6.22. The fourth-order valence-electron chi connectivity index (χ4n) is 4.62. The topological polar surface area (TPSA) is 57.6 Å². The monoisotopic (exact) mass is 419 g/mol. The Morgan fingerprint density at radius 3 is 2.35 bits per heavy atom. The van der Waals surface area contributed by atoms with Crippen molar-refractivity contribution >= 4 is 11.8 Å². The van der Waals surface area contributed by atoms with E-state index in [0.717, 1.165) is 38.0 Å². The summed E-state index contributed by atoms with van der Waals surface area (Å²) in [5, 5.41) is 9.78. The molecule has 1 atom stereocenters. The van der Waals surface area contributed by atoms with Crippen LogP contribution in [-0.4, -0.2) is 34.8 Å². The maximum atomic E-state index is 13.6. The molecule has 1 saturated heterocycles. The van der Waals surface area contributed by atoms with Crippen molar-refractivity contribution in [2.75, 3.05) is 13.1 Å². The molecule has 2 aromatic carbocycles. The summed E-state index contributed by atoms with van der Waals surface area (Å²) in [5.74, 6) is -1.38. The van der Waals surface area contributed by atoms with Crippen molar-refractivity contribution in [1.82, 2.24) is 4.90 Å². The number of carbonyl (C=O) groups excluding carboxylic acids is 1. The van der Waals surface area contributed by atoms with Crippen LogP contribution in [0.25, 0.3) is 0 Å². The van der Waals surface area contributed by atoms with Crippen LogP contribution in [0, 0.1) is 5.82 Å². The lowest BCUT2D eigenvalue weighted by atomic mass is 9.68. The average Bonchev–Trinajstić information content (AvgIpc) is 2.72. The Labute approximate surface area is 181 Å². The van der Waals surface area contributed by atoms with Crippen molar-refractivity contribution < 1.29 is 19.1 Å². The van der Waals surface area contributed by atoms with Gasteiger partial charge in [0, 0.05) is 24.4 Å². The number of aryl methyl sites for hydroxylation is 1. The van der Waals surface area contributed by atoms with E-state index in [1.165, 1.54) is 23.8 Å². The number of hydrogen-bond donors (Lipinski definition) is 1. The van der Waals surface area contributed by atoms with E-state index in [0.29, 0.717) is 17.6 Å². The molecule has 1 heterocycles. The molecule has 1 N–H and O–H groups in total. The number of halogens is 1. The van der Waals surface area contributed by atoms with Crippen molar-refractivity contribution in [2.24, 2.45) is 0 Å². The largest absolute Gasteiger partial charge is 0.481 e. The highest BCUT2D eigenvalue weighted by atomic mass is 19.1. The minimum atomic E-state index is -0.976. The summed E-state index contributed by atoms with van der Waals surface area (Å²) < 4.78 is 13.6. The molecule has 0 amide bonds. The predicted octanol–water partition coefficient (Wildman–Crippen LogP) is 4.66. The maximum absolute atomic E-state index is 13.6. The number of nitrogens with zero attached hydrogens (tertiary/aromatic N) is 1. The number of carboxylic acids is 1. The number of carboxylic acid groups (broad SMARTS) is 1. The normalized spacial score (nSPS) is 20.7. The molecule has 0 bridgehead atoms. The van der Waals surface area contributed by atoms with Crippen molar-refractivity contribution in [1.29, 1.82) is 0 Å². The second-order valence-electron chi connectivity index (χ2n) is 8.25. The standard InChI is InChI=1S/C26H26FNO3/c27-21-12-10-20(11-13-21)26(18-24(30)31)15-14-23(29)22(25(26)28-16-5-17-28)9-4-8-19-6-2-1-3-7-19/h1-3,6-7,10-15H,4-5,8-9,16-18H2,(H,30,31). The zero-order valence-corrected chi connectivity index (χ0v) is 17.4. The lowest BCUT2D eigenvalue weighted by Gasteiger charge is -2.47. The molecule has 0 spiro atoms. The molecule has 160 valence electrons. The number of allylic oxidation sites excluding steroid dienone is 3. The zero-order valence-electron chi connectivity index (χ0n) is 17.4. The van der Waals surface area contributed by atoms with Gasteiger partial charge in [0.15, 0.2) is 5.78 Å². The van der Waals surface area contributed by atoms with Gasteiger partial charge in [0.05, 0.1) is 11.8 Å². The van der Waals surface area contributed by atoms with Crippen LogP contribution in [0.1, 0.15) is 36.8 Å². The smallest absolute Gasteiger partial charge is 0.304 e. The molecule has 0 aromatic heterocycles. The van der Waals surface area contributed by atoms with Gasteiger partial charge in [0.2, 0.25) is 0 Å². The summed E-state index contributed by atoms with van der Waals surface area (Å²) in [6.45, 7) is 1.59. The van der Waals surface area contributed by atoms with Crippen LogP contribution in [-0.2, 0) is 21.4 Å². The van der Waals surface area contributed by atoms with E-state index in [1.54, 1.807) is 18.2 Å². The van der Waals surface area contributed by atoms with Gasteiger partial charge >= 0.3 is 5.97 Å². The van der Waals surface area contributed by atoms with Crippen molar-refractivity contribution in [3.63, 3.8) is 0 Å². The van der Waals surface area contributed by atoms with Gasteiger partial charge in [0.25, 0.3) is 0 Å². The first-order valence-corrected chi connectivity index (χ1v) is 10.7. The quantitative estimate of drug-likeness (QED) is 0.676. The molecule has 1 aliphatic carbocycles. The molecule has 1 fully saturated rings. The maximum Gasteiger partial charge on any atom is 0.304 e. The molecule has 31 heavy (non-hydrogen) atoms. The molecule has 1 unspecified atom stereocenters. The minimum absolute atomic E-state index is 0.0573. The highest BCUT2D eigenvalue weighted by Gasteiger charge is 2.45. The van der Waals surface area contributed by atoms with Gasteiger partial charge in [-0.3, -0.25) is 9.59 Å². The third-order valence-electron chi connectivity index (χ3n) is 6.22. The molecule has 2 aromatic rings. The zero-order chi connectivity index (χ0) is 21.8. The summed E-state index contributed by atoms with van der Waals surface area (Å²) in [4.78, 5) is 27.0. The summed E-state index contributed by atoms with van der Waals surface area (Å²) in [5.41, 5.74) is 2.40. The van der Waals surface area contributed by atoms with E-state index in [1.807, 2.05) is 18.2 Å². The second kappa shape index (κ2) is 8.88. The Balaban J connectivity index is 1.75. The fraction of sp³-hybridized carbons (Fsp3) is 0.308. The molecule has 1 aliphatic heterocycles. The summed E-state index contributed by atoms with van der Waals surface area (Å²) in [7, 11) is 0. The van der Waals surface area contributed by atoms with Crippen molar-refractivity contribution in [3.05, 3.63) is 95.0 Å². The molecule has 5 heteroatoms. The van der Waals surface area contributed by atoms with Crippen LogP contribution < -0.4 is 0 Å². The van der Waals surface area contributed by atoms with Crippen molar-refractivity contribution in [2.45, 2.75) is 37.5 Å². The van der Waals surface area contributed by atoms with Gasteiger partial charge in [-0.25, -0.2) is 4.39 Å². The van der Waals surface area contributed by atoms with Crippen LogP contribution in [0.4, 0.5) is 4.39 Å². The molecule has 4 nitrogen and oxygen atoms in total. The number of benzene rings is 2. The third kappa shape index (κ3) is 4.31. The number of likely N-dealkylation sites (tertiary alicyclic amines) is 1. The first-order chi connectivity index (χ1) is 15.0. The number of ketones is 1. The van der Waals surface area contributed by atoms with E-state index in [4.69, 9.17) is 0 Å². The number of carbonyl (C=O) groups is 2. The van der Waals surface area contributed by atoms with E-state index in [9.17, 15) is 19.1 Å². The van der Waals surface area contributed by atoms with Gasteiger partial charge in [-0.1, -0.05) is 48.5 Å². The molecular weight excluding hydrogens is 393 g/mol. The fourth-order valence-corrected chi connectivity index (χ4v) is 4.62. The van der Waals surface area contributed by atoms with Gasteiger partial charge in [-0.15, -0.1) is 0 Å². The van der Waals surface area contributed by atoms with Gasteiger partial charge in [0.1, 0.15) is 5.82 Å². The molecular formula is C26H26FNO3. The SMILES string of the molecule is O=C(O)CC1(c2ccc(F)cc2)C=CC(=O)C(CCCc2ccccc2)=C1N1CCC1. The Hall–Kier alpha value is -3.21. The van der Waals surface area contributed by atoms with Crippen LogP contribution in [0.2, 0.25) is 0 Å². The first-order valence-electron chi connectivity index (χ1n) is 10.7. The van der Waals surface area contributed by atoms with Gasteiger partial charge in [-0.2, -0.15) is 0 Å². The lowest BCUT2D eigenvalue weighted by molar-refractivity contribution is -0.138. The Morgan fingerprint density at radius 2 is 1.74 bits per heavy atom.